The largest absolute Gasteiger partial charge is 0.368 e. The molecule has 150 valence electrons. The number of anilines is 1. The highest BCUT2D eigenvalue weighted by Gasteiger charge is 2.49. The molecule has 3 heterocycles. The van der Waals surface area contributed by atoms with E-state index in [4.69, 9.17) is 5.73 Å². The van der Waals surface area contributed by atoms with Crippen molar-refractivity contribution in [2.75, 3.05) is 31.1 Å². The Balaban J connectivity index is 1.47. The van der Waals surface area contributed by atoms with E-state index in [1.54, 1.807) is 12.1 Å². The number of hydrogen-bond acceptors (Lipinski definition) is 5. The lowest BCUT2D eigenvalue weighted by molar-refractivity contribution is -0.136. The first-order chi connectivity index (χ1) is 13.5. The van der Waals surface area contributed by atoms with Crippen molar-refractivity contribution in [1.29, 1.82) is 0 Å². The first-order valence-corrected chi connectivity index (χ1v) is 10.2. The second kappa shape index (κ2) is 7.64. The second-order valence-corrected chi connectivity index (χ2v) is 8.10. The number of carbonyl (C=O) groups excluding carboxylic acids is 3. The van der Waals surface area contributed by atoms with Crippen LogP contribution in [-0.4, -0.2) is 65.3 Å². The fraction of sp³-hybridized carbons (Fsp3) is 0.571. The van der Waals surface area contributed by atoms with Gasteiger partial charge in [0.2, 0.25) is 11.8 Å². The van der Waals surface area contributed by atoms with Gasteiger partial charge in [-0.15, -0.1) is 0 Å². The molecule has 0 unspecified atom stereocenters. The molecule has 1 aromatic rings. The Morgan fingerprint density at radius 3 is 2.21 bits per heavy atom. The fourth-order valence-electron chi connectivity index (χ4n) is 5.00. The van der Waals surface area contributed by atoms with Crippen LogP contribution in [0.3, 0.4) is 0 Å². The number of imide groups is 1. The minimum atomic E-state index is -0.609. The summed E-state index contributed by atoms with van der Waals surface area (Å²) in [5.74, 6) is -0.585. The number of rotatable bonds is 4. The van der Waals surface area contributed by atoms with Gasteiger partial charge in [0.1, 0.15) is 5.54 Å². The fourth-order valence-corrected chi connectivity index (χ4v) is 5.00. The molecule has 3 saturated heterocycles. The number of para-hydroxylation sites is 1. The highest BCUT2D eigenvalue weighted by Crippen LogP contribution is 2.34. The van der Waals surface area contributed by atoms with Gasteiger partial charge in [-0.3, -0.25) is 24.2 Å². The van der Waals surface area contributed by atoms with E-state index >= 15 is 0 Å². The minimum absolute atomic E-state index is 0.163. The number of benzene rings is 1. The summed E-state index contributed by atoms with van der Waals surface area (Å²) in [6.07, 6.45) is 4.82. The van der Waals surface area contributed by atoms with Gasteiger partial charge in [0.05, 0.1) is 18.2 Å². The minimum Gasteiger partial charge on any atom is -0.368 e. The van der Waals surface area contributed by atoms with Crippen LogP contribution in [-0.2, 0) is 14.4 Å². The van der Waals surface area contributed by atoms with Gasteiger partial charge in [-0.1, -0.05) is 24.6 Å². The van der Waals surface area contributed by atoms with Crippen molar-refractivity contribution >= 4 is 23.4 Å². The molecule has 0 aliphatic carbocycles. The molecule has 28 heavy (non-hydrogen) atoms. The summed E-state index contributed by atoms with van der Waals surface area (Å²) in [5.41, 5.74) is 5.86. The normalized spacial score (nSPS) is 26.6. The summed E-state index contributed by atoms with van der Waals surface area (Å²) in [5, 5.41) is 0. The summed E-state index contributed by atoms with van der Waals surface area (Å²) < 4.78 is 0. The van der Waals surface area contributed by atoms with Crippen LogP contribution in [0.4, 0.5) is 5.69 Å². The molecule has 0 aromatic heterocycles. The first kappa shape index (κ1) is 19.1. The maximum Gasteiger partial charge on any atom is 0.251 e. The maximum absolute atomic E-state index is 13.0. The smallest absolute Gasteiger partial charge is 0.251 e. The van der Waals surface area contributed by atoms with E-state index in [-0.39, 0.29) is 24.1 Å². The van der Waals surface area contributed by atoms with Gasteiger partial charge in [-0.05, 0) is 50.9 Å². The maximum atomic E-state index is 13.0. The number of primary amides is 1. The number of hydrogen-bond donors (Lipinski definition) is 1. The summed E-state index contributed by atoms with van der Waals surface area (Å²) in [6, 6.07) is 8.63. The van der Waals surface area contributed by atoms with Crippen LogP contribution < -0.4 is 10.6 Å². The van der Waals surface area contributed by atoms with Crippen molar-refractivity contribution in [3.63, 3.8) is 0 Å². The van der Waals surface area contributed by atoms with Crippen LogP contribution in [0.1, 0.15) is 38.5 Å². The molecule has 3 fully saturated rings. The van der Waals surface area contributed by atoms with E-state index < -0.39 is 11.6 Å². The molecule has 0 saturated carbocycles. The highest BCUT2D eigenvalue weighted by atomic mass is 16.2. The summed E-state index contributed by atoms with van der Waals surface area (Å²) in [4.78, 5) is 43.5. The van der Waals surface area contributed by atoms with Crippen molar-refractivity contribution in [2.45, 2.75) is 50.1 Å². The Bertz CT molecular complexity index is 752. The van der Waals surface area contributed by atoms with Crippen molar-refractivity contribution < 1.29 is 14.4 Å². The molecule has 7 nitrogen and oxygen atoms in total. The molecule has 0 radical (unpaired) electrons. The zero-order valence-electron chi connectivity index (χ0n) is 16.2. The van der Waals surface area contributed by atoms with Gasteiger partial charge in [-0.2, -0.15) is 0 Å². The molecule has 3 amide bonds. The third kappa shape index (κ3) is 3.22. The zero-order valence-corrected chi connectivity index (χ0v) is 16.2. The van der Waals surface area contributed by atoms with E-state index in [1.807, 2.05) is 18.2 Å². The lowest BCUT2D eigenvalue weighted by atomic mass is 9.83. The number of piperidine rings is 2. The molecule has 1 aromatic carbocycles. The monoisotopic (exact) mass is 384 g/mol. The van der Waals surface area contributed by atoms with Gasteiger partial charge in [0, 0.05) is 13.1 Å². The van der Waals surface area contributed by atoms with Gasteiger partial charge in [0.15, 0.2) is 0 Å². The molecule has 0 spiro atoms. The van der Waals surface area contributed by atoms with Crippen molar-refractivity contribution in [2.24, 2.45) is 5.73 Å². The number of nitrogens with zero attached hydrogens (tertiary/aromatic N) is 3. The van der Waals surface area contributed by atoms with Gasteiger partial charge in [-0.25, -0.2) is 4.90 Å². The molecule has 3 aliphatic heterocycles. The van der Waals surface area contributed by atoms with Crippen LogP contribution in [0.15, 0.2) is 30.3 Å². The van der Waals surface area contributed by atoms with E-state index in [0.717, 1.165) is 25.9 Å². The molecular formula is C21H28N4O3. The van der Waals surface area contributed by atoms with Gasteiger partial charge in [0.25, 0.3) is 5.91 Å². The van der Waals surface area contributed by atoms with Crippen LogP contribution in [0.2, 0.25) is 0 Å². The van der Waals surface area contributed by atoms with Gasteiger partial charge < -0.3 is 5.73 Å². The highest BCUT2D eigenvalue weighted by molar-refractivity contribution is 6.22. The zero-order chi connectivity index (χ0) is 19.7. The molecule has 2 N–H and O–H groups in total. The van der Waals surface area contributed by atoms with Crippen molar-refractivity contribution in [3.05, 3.63) is 30.3 Å². The SMILES string of the molecule is NC(=O)C1(N2CCCCC2)CCN([C@H]2CC(=O)N(c3ccccc3)C2=O)CC1. The molecular weight excluding hydrogens is 356 g/mol. The van der Waals surface area contributed by atoms with E-state index in [2.05, 4.69) is 9.80 Å². The molecule has 1 atom stereocenters. The molecule has 0 bridgehead atoms. The average molecular weight is 384 g/mol. The molecule has 4 rings (SSSR count). The van der Waals surface area contributed by atoms with Crippen LogP contribution >= 0.6 is 0 Å². The number of likely N-dealkylation sites (tertiary alicyclic amines) is 2. The lowest BCUT2D eigenvalue weighted by Gasteiger charge is -2.48. The van der Waals surface area contributed by atoms with E-state index in [9.17, 15) is 14.4 Å². The van der Waals surface area contributed by atoms with E-state index in [0.29, 0.717) is 31.6 Å². The lowest BCUT2D eigenvalue weighted by Crippen LogP contribution is -2.64. The van der Waals surface area contributed by atoms with Gasteiger partial charge >= 0.3 is 0 Å². The second-order valence-electron chi connectivity index (χ2n) is 8.10. The third-order valence-corrected chi connectivity index (χ3v) is 6.62. The predicted octanol–water partition coefficient (Wildman–Crippen LogP) is 1.12. The van der Waals surface area contributed by atoms with Crippen molar-refractivity contribution in [1.82, 2.24) is 9.80 Å². The first-order valence-electron chi connectivity index (χ1n) is 10.2. The number of nitrogens with two attached hydrogens (primary N) is 1. The van der Waals surface area contributed by atoms with Crippen molar-refractivity contribution in [3.8, 4) is 0 Å². The quantitative estimate of drug-likeness (QED) is 0.787. The Morgan fingerprint density at radius 2 is 1.61 bits per heavy atom. The Hall–Kier alpha value is -2.25. The molecule has 3 aliphatic rings. The third-order valence-electron chi connectivity index (χ3n) is 6.62. The summed E-state index contributed by atoms with van der Waals surface area (Å²) in [7, 11) is 0. The Morgan fingerprint density at radius 1 is 0.964 bits per heavy atom. The standard InChI is InChI=1S/C21H28N4O3/c22-20(28)21(24-11-5-2-6-12-24)9-13-23(14-10-21)17-15-18(26)25(19(17)27)16-7-3-1-4-8-16/h1,3-4,7-8,17H,2,5-6,9-15H2,(H2,22,28)/t17-/m0/s1. The topological polar surface area (TPSA) is 87.0 Å². The van der Waals surface area contributed by atoms with Crippen LogP contribution in [0.25, 0.3) is 0 Å². The van der Waals surface area contributed by atoms with Crippen LogP contribution in [0.5, 0.6) is 0 Å². The molecule has 7 heteroatoms. The van der Waals surface area contributed by atoms with Crippen LogP contribution in [0, 0.1) is 0 Å². The Labute approximate surface area is 165 Å². The number of amides is 3. The summed E-state index contributed by atoms with van der Waals surface area (Å²) >= 11 is 0. The Kier molecular flexibility index (Phi) is 5.21. The predicted molar refractivity (Wildman–Crippen MR) is 105 cm³/mol. The average Bonchev–Trinajstić information content (AvgIpc) is 3.03. The van der Waals surface area contributed by atoms with E-state index in [1.165, 1.54) is 11.3 Å². The number of carbonyl (C=O) groups is 3. The summed E-state index contributed by atoms with van der Waals surface area (Å²) in [6.45, 7) is 3.02.